The summed E-state index contributed by atoms with van der Waals surface area (Å²) in [4.78, 5) is 22.8. The lowest BCUT2D eigenvalue weighted by Gasteiger charge is -2.23. The molecule has 0 aromatic heterocycles. The van der Waals surface area contributed by atoms with Gasteiger partial charge in [0.2, 0.25) is 5.60 Å². The van der Waals surface area contributed by atoms with Crippen LogP contribution < -0.4 is 0 Å². The fourth-order valence-electron chi connectivity index (χ4n) is 0.780. The van der Waals surface area contributed by atoms with E-state index in [0.29, 0.717) is 6.61 Å². The predicted molar refractivity (Wildman–Crippen MR) is 56.3 cm³/mol. The highest BCUT2D eigenvalue weighted by Gasteiger charge is 2.34. The first-order valence-corrected chi connectivity index (χ1v) is 5.21. The van der Waals surface area contributed by atoms with Crippen molar-refractivity contribution in [3.05, 3.63) is 0 Å². The molecule has 88 valence electrons. The molecule has 0 aliphatic carbocycles. The first-order valence-electron chi connectivity index (χ1n) is 5.21. The first-order chi connectivity index (χ1) is 6.81. The molecule has 0 unspecified atom stereocenters. The fourth-order valence-corrected chi connectivity index (χ4v) is 0.780. The topological polar surface area (TPSA) is 52.6 Å². The number of rotatable bonds is 5. The van der Waals surface area contributed by atoms with Crippen LogP contribution in [0.4, 0.5) is 0 Å². The van der Waals surface area contributed by atoms with Gasteiger partial charge in [0.05, 0.1) is 12.5 Å². The Morgan fingerprint density at radius 2 is 1.80 bits per heavy atom. The molecular weight excluding hydrogens is 196 g/mol. The van der Waals surface area contributed by atoms with Gasteiger partial charge in [0, 0.05) is 0 Å². The molecule has 4 heteroatoms. The van der Waals surface area contributed by atoms with Gasteiger partial charge in [0.15, 0.2) is 0 Å². The van der Waals surface area contributed by atoms with Crippen LogP contribution in [0.2, 0.25) is 0 Å². The predicted octanol–water partition coefficient (Wildman–Crippen LogP) is 1.92. The van der Waals surface area contributed by atoms with Crippen molar-refractivity contribution in [2.24, 2.45) is 5.92 Å². The molecule has 0 heterocycles. The molecule has 0 radical (unpaired) electrons. The maximum absolute atomic E-state index is 11.5. The third-order valence-corrected chi connectivity index (χ3v) is 1.76. The lowest BCUT2D eigenvalue weighted by atomic mass is 10.1. The molecule has 0 amide bonds. The van der Waals surface area contributed by atoms with Crippen LogP contribution in [0.3, 0.4) is 0 Å². The first kappa shape index (κ1) is 13.9. The monoisotopic (exact) mass is 216 g/mol. The summed E-state index contributed by atoms with van der Waals surface area (Å²) in [6.07, 6.45) is 0.750. The van der Waals surface area contributed by atoms with Crippen molar-refractivity contribution in [1.82, 2.24) is 0 Å². The molecular formula is C11H20O4. The minimum absolute atomic E-state index is 0.247. The smallest absolute Gasteiger partial charge is 0.350 e. The number of esters is 2. The second-order valence-electron chi connectivity index (χ2n) is 4.22. The van der Waals surface area contributed by atoms with Gasteiger partial charge in [-0.05, 0) is 20.3 Å². The van der Waals surface area contributed by atoms with Crippen molar-refractivity contribution < 1.29 is 19.1 Å². The second kappa shape index (κ2) is 5.73. The minimum Gasteiger partial charge on any atom is -0.463 e. The average Bonchev–Trinajstić information content (AvgIpc) is 2.13. The molecule has 0 N–H and O–H groups in total. The van der Waals surface area contributed by atoms with E-state index in [-0.39, 0.29) is 5.92 Å². The summed E-state index contributed by atoms with van der Waals surface area (Å²) in [7, 11) is 0. The van der Waals surface area contributed by atoms with Gasteiger partial charge in [-0.25, -0.2) is 4.79 Å². The summed E-state index contributed by atoms with van der Waals surface area (Å²) in [5, 5.41) is 0. The van der Waals surface area contributed by atoms with Crippen LogP contribution in [-0.2, 0) is 19.1 Å². The van der Waals surface area contributed by atoms with Crippen LogP contribution in [-0.4, -0.2) is 24.1 Å². The molecule has 0 aliphatic rings. The van der Waals surface area contributed by atoms with Gasteiger partial charge < -0.3 is 9.47 Å². The summed E-state index contributed by atoms with van der Waals surface area (Å²) in [5.41, 5.74) is -1.20. The summed E-state index contributed by atoms with van der Waals surface area (Å²) in [6.45, 7) is 8.75. The molecule has 0 fully saturated rings. The Kier molecular flexibility index (Phi) is 5.33. The summed E-state index contributed by atoms with van der Waals surface area (Å²) < 4.78 is 9.97. The molecule has 15 heavy (non-hydrogen) atoms. The number of hydrogen-bond donors (Lipinski definition) is 0. The normalized spacial score (nSPS) is 11.3. The van der Waals surface area contributed by atoms with Gasteiger partial charge in [0.1, 0.15) is 0 Å². The van der Waals surface area contributed by atoms with Crippen molar-refractivity contribution in [2.75, 3.05) is 6.61 Å². The summed E-state index contributed by atoms with van der Waals surface area (Å²) in [6, 6.07) is 0. The van der Waals surface area contributed by atoms with Crippen molar-refractivity contribution >= 4 is 11.9 Å². The summed E-state index contributed by atoms with van der Waals surface area (Å²) >= 11 is 0. The van der Waals surface area contributed by atoms with Crippen molar-refractivity contribution in [2.45, 2.75) is 46.6 Å². The lowest BCUT2D eigenvalue weighted by molar-refractivity contribution is -0.180. The molecule has 0 bridgehead atoms. The third-order valence-electron chi connectivity index (χ3n) is 1.76. The van der Waals surface area contributed by atoms with Crippen molar-refractivity contribution in [3.63, 3.8) is 0 Å². The molecule has 0 aromatic carbocycles. The van der Waals surface area contributed by atoms with E-state index in [1.807, 2.05) is 6.92 Å². The van der Waals surface area contributed by atoms with Gasteiger partial charge in [-0.15, -0.1) is 0 Å². The van der Waals surface area contributed by atoms with E-state index in [4.69, 9.17) is 9.47 Å². The zero-order chi connectivity index (χ0) is 12.1. The Labute approximate surface area is 90.9 Å². The van der Waals surface area contributed by atoms with Crippen LogP contribution in [0.5, 0.6) is 0 Å². The van der Waals surface area contributed by atoms with Crippen LogP contribution in [0.15, 0.2) is 0 Å². The van der Waals surface area contributed by atoms with E-state index in [2.05, 4.69) is 0 Å². The maximum Gasteiger partial charge on any atom is 0.350 e. The Bertz CT molecular complexity index is 231. The van der Waals surface area contributed by atoms with E-state index >= 15 is 0 Å². The Balaban J connectivity index is 4.27. The number of carbonyl (C=O) groups is 2. The highest BCUT2D eigenvalue weighted by atomic mass is 16.6. The van der Waals surface area contributed by atoms with Crippen molar-refractivity contribution in [3.8, 4) is 0 Å². The van der Waals surface area contributed by atoms with Crippen LogP contribution in [0.1, 0.15) is 41.0 Å². The quantitative estimate of drug-likeness (QED) is 0.659. The van der Waals surface area contributed by atoms with E-state index in [9.17, 15) is 9.59 Å². The lowest BCUT2D eigenvalue weighted by Crippen LogP contribution is -2.39. The molecule has 0 aliphatic heterocycles. The highest BCUT2D eigenvalue weighted by molar-refractivity contribution is 5.83. The largest absolute Gasteiger partial charge is 0.463 e. The van der Waals surface area contributed by atoms with Gasteiger partial charge in [-0.2, -0.15) is 0 Å². The average molecular weight is 216 g/mol. The van der Waals surface area contributed by atoms with Crippen molar-refractivity contribution in [1.29, 1.82) is 0 Å². The highest BCUT2D eigenvalue weighted by Crippen LogP contribution is 2.14. The van der Waals surface area contributed by atoms with Gasteiger partial charge in [0.25, 0.3) is 0 Å². The standard InChI is InChI=1S/C11H20O4/c1-6-7-14-10(13)11(4,5)15-9(12)8(2)3/h8H,6-7H2,1-5H3. The zero-order valence-electron chi connectivity index (χ0n) is 10.1. The third kappa shape index (κ3) is 4.81. The number of ether oxygens (including phenoxy) is 2. The van der Waals surface area contributed by atoms with Gasteiger partial charge in [-0.3, -0.25) is 4.79 Å². The second-order valence-corrected chi connectivity index (χ2v) is 4.22. The number of hydrogen-bond acceptors (Lipinski definition) is 4. The Morgan fingerprint density at radius 3 is 2.20 bits per heavy atom. The molecule has 0 atom stereocenters. The van der Waals surface area contributed by atoms with Crippen LogP contribution in [0.25, 0.3) is 0 Å². The van der Waals surface area contributed by atoms with Crippen LogP contribution >= 0.6 is 0 Å². The Hall–Kier alpha value is -1.06. The molecule has 0 aromatic rings. The van der Waals surface area contributed by atoms with E-state index < -0.39 is 17.5 Å². The van der Waals surface area contributed by atoms with E-state index in [0.717, 1.165) is 6.42 Å². The molecule has 4 nitrogen and oxygen atoms in total. The van der Waals surface area contributed by atoms with E-state index in [1.54, 1.807) is 13.8 Å². The maximum atomic E-state index is 11.5. The molecule has 0 spiro atoms. The molecule has 0 rings (SSSR count). The molecule has 0 saturated heterocycles. The van der Waals surface area contributed by atoms with E-state index in [1.165, 1.54) is 13.8 Å². The number of carbonyl (C=O) groups excluding carboxylic acids is 2. The zero-order valence-corrected chi connectivity index (χ0v) is 10.1. The molecule has 0 saturated carbocycles. The van der Waals surface area contributed by atoms with Gasteiger partial charge in [-0.1, -0.05) is 20.8 Å². The van der Waals surface area contributed by atoms with Crippen LogP contribution in [0, 0.1) is 5.92 Å². The Morgan fingerprint density at radius 1 is 1.27 bits per heavy atom. The summed E-state index contributed by atoms with van der Waals surface area (Å²) in [5.74, 6) is -1.14. The fraction of sp³-hybridized carbons (Fsp3) is 0.818. The van der Waals surface area contributed by atoms with Gasteiger partial charge >= 0.3 is 11.9 Å². The SMILES string of the molecule is CCCOC(=O)C(C)(C)OC(=O)C(C)C. The minimum atomic E-state index is -1.20.